The number of carbonyl (C=O) groups excluding carboxylic acids is 2. The SMILES string of the molecule is CCOC(=O)c1c(-c2ccc(OC)cc2)csc1NC(=S)NC(=O)c1ccco1. The van der Waals surface area contributed by atoms with Crippen molar-refractivity contribution in [3.63, 3.8) is 0 Å². The topological polar surface area (TPSA) is 89.8 Å². The number of hydrogen-bond acceptors (Lipinski definition) is 7. The zero-order valence-electron chi connectivity index (χ0n) is 15.7. The number of amides is 1. The van der Waals surface area contributed by atoms with Gasteiger partial charge in [0, 0.05) is 10.9 Å². The summed E-state index contributed by atoms with van der Waals surface area (Å²) in [7, 11) is 1.59. The van der Waals surface area contributed by atoms with E-state index in [1.165, 1.54) is 23.7 Å². The van der Waals surface area contributed by atoms with E-state index in [0.717, 1.165) is 5.56 Å². The zero-order valence-corrected chi connectivity index (χ0v) is 17.3. The molecule has 0 aliphatic carbocycles. The van der Waals surface area contributed by atoms with Crippen LogP contribution in [-0.2, 0) is 4.74 Å². The fourth-order valence-corrected chi connectivity index (χ4v) is 3.77. The van der Waals surface area contributed by atoms with Gasteiger partial charge in [-0.3, -0.25) is 10.1 Å². The van der Waals surface area contributed by atoms with Crippen LogP contribution in [0.2, 0.25) is 0 Å². The predicted molar refractivity (Wildman–Crippen MR) is 115 cm³/mol. The van der Waals surface area contributed by atoms with Crippen LogP contribution in [-0.4, -0.2) is 30.7 Å². The van der Waals surface area contributed by atoms with Crippen LogP contribution < -0.4 is 15.4 Å². The Hall–Kier alpha value is -3.17. The molecule has 0 unspecified atom stereocenters. The van der Waals surface area contributed by atoms with E-state index in [0.29, 0.717) is 21.9 Å². The van der Waals surface area contributed by atoms with Gasteiger partial charge in [0.1, 0.15) is 16.3 Å². The molecule has 0 aliphatic rings. The van der Waals surface area contributed by atoms with E-state index >= 15 is 0 Å². The quantitative estimate of drug-likeness (QED) is 0.445. The van der Waals surface area contributed by atoms with E-state index in [4.69, 9.17) is 26.1 Å². The molecule has 0 fully saturated rings. The standard InChI is InChI=1S/C20H18N2O5S2/c1-3-26-19(24)16-14(12-6-8-13(25-2)9-7-12)11-29-18(16)22-20(28)21-17(23)15-5-4-10-27-15/h4-11H,3H2,1-2H3,(H2,21,22,23,28). The summed E-state index contributed by atoms with van der Waals surface area (Å²) in [6.07, 6.45) is 1.39. The Morgan fingerprint density at radius 1 is 1.21 bits per heavy atom. The Morgan fingerprint density at radius 3 is 2.59 bits per heavy atom. The first kappa shape index (κ1) is 20.6. The molecule has 1 amide bonds. The molecule has 7 nitrogen and oxygen atoms in total. The normalized spacial score (nSPS) is 10.3. The Morgan fingerprint density at radius 2 is 1.97 bits per heavy atom. The van der Waals surface area contributed by atoms with Crippen LogP contribution >= 0.6 is 23.6 Å². The van der Waals surface area contributed by atoms with Crippen molar-refractivity contribution in [2.75, 3.05) is 19.0 Å². The van der Waals surface area contributed by atoms with Gasteiger partial charge >= 0.3 is 5.97 Å². The molecule has 0 spiro atoms. The summed E-state index contributed by atoms with van der Waals surface area (Å²) in [6, 6.07) is 10.4. The van der Waals surface area contributed by atoms with Gasteiger partial charge in [-0.1, -0.05) is 12.1 Å². The molecule has 150 valence electrons. The van der Waals surface area contributed by atoms with Gasteiger partial charge in [-0.05, 0) is 49.0 Å². The van der Waals surface area contributed by atoms with Crippen molar-refractivity contribution in [2.24, 2.45) is 0 Å². The van der Waals surface area contributed by atoms with Gasteiger partial charge in [-0.2, -0.15) is 0 Å². The van der Waals surface area contributed by atoms with E-state index in [1.54, 1.807) is 20.1 Å². The maximum Gasteiger partial charge on any atom is 0.341 e. The van der Waals surface area contributed by atoms with E-state index in [1.807, 2.05) is 29.6 Å². The van der Waals surface area contributed by atoms with Gasteiger partial charge in [-0.15, -0.1) is 11.3 Å². The molecule has 2 heterocycles. The van der Waals surface area contributed by atoms with Crippen LogP contribution in [0.3, 0.4) is 0 Å². The number of anilines is 1. The highest BCUT2D eigenvalue weighted by Gasteiger charge is 2.23. The van der Waals surface area contributed by atoms with Crippen LogP contribution in [0.25, 0.3) is 11.1 Å². The fraction of sp³-hybridized carbons (Fsp3) is 0.150. The summed E-state index contributed by atoms with van der Waals surface area (Å²) in [6.45, 7) is 1.97. The van der Waals surface area contributed by atoms with Crippen LogP contribution in [0.5, 0.6) is 5.75 Å². The Kier molecular flexibility index (Phi) is 6.63. The largest absolute Gasteiger partial charge is 0.497 e. The van der Waals surface area contributed by atoms with Crippen molar-refractivity contribution in [3.05, 3.63) is 59.4 Å². The zero-order chi connectivity index (χ0) is 20.8. The lowest BCUT2D eigenvalue weighted by Gasteiger charge is -2.11. The highest BCUT2D eigenvalue weighted by Crippen LogP contribution is 2.36. The fourth-order valence-electron chi connectivity index (χ4n) is 2.55. The van der Waals surface area contributed by atoms with Gasteiger partial charge in [0.25, 0.3) is 5.91 Å². The van der Waals surface area contributed by atoms with Crippen molar-refractivity contribution in [2.45, 2.75) is 6.92 Å². The van der Waals surface area contributed by atoms with Crippen LogP contribution in [0.1, 0.15) is 27.8 Å². The van der Waals surface area contributed by atoms with Gasteiger partial charge < -0.3 is 19.2 Å². The first-order valence-electron chi connectivity index (χ1n) is 8.62. The molecule has 0 bridgehead atoms. The number of ether oxygens (including phenoxy) is 2. The lowest BCUT2D eigenvalue weighted by molar-refractivity contribution is 0.0529. The number of methoxy groups -OCH3 is 1. The van der Waals surface area contributed by atoms with Gasteiger partial charge in [0.2, 0.25) is 0 Å². The molecule has 0 radical (unpaired) electrons. The molecule has 0 aliphatic heterocycles. The molecule has 3 aromatic rings. The van der Waals surface area contributed by atoms with Crippen molar-refractivity contribution in [1.82, 2.24) is 5.32 Å². The Balaban J connectivity index is 1.85. The highest BCUT2D eigenvalue weighted by molar-refractivity contribution is 7.80. The van der Waals surface area contributed by atoms with Gasteiger partial charge in [-0.25, -0.2) is 4.79 Å². The van der Waals surface area contributed by atoms with Crippen LogP contribution in [0.4, 0.5) is 5.00 Å². The summed E-state index contributed by atoms with van der Waals surface area (Å²) in [4.78, 5) is 24.7. The summed E-state index contributed by atoms with van der Waals surface area (Å²) in [5.74, 6) is -0.133. The molecule has 1 aromatic carbocycles. The maximum absolute atomic E-state index is 12.6. The summed E-state index contributed by atoms with van der Waals surface area (Å²) >= 11 is 6.49. The minimum absolute atomic E-state index is 0.0417. The minimum atomic E-state index is -0.489. The number of rotatable bonds is 6. The number of thiocarbonyl (C=S) groups is 1. The minimum Gasteiger partial charge on any atom is -0.497 e. The van der Waals surface area contributed by atoms with E-state index in [2.05, 4.69) is 10.6 Å². The van der Waals surface area contributed by atoms with Crippen LogP contribution in [0, 0.1) is 0 Å². The summed E-state index contributed by atoms with van der Waals surface area (Å²) in [5.41, 5.74) is 1.86. The second kappa shape index (κ2) is 9.35. The van der Waals surface area contributed by atoms with Gasteiger partial charge in [0.15, 0.2) is 10.9 Å². The average molecular weight is 431 g/mol. The molecule has 2 N–H and O–H groups in total. The molecule has 29 heavy (non-hydrogen) atoms. The molecular formula is C20H18N2O5S2. The van der Waals surface area contributed by atoms with Crippen molar-refractivity contribution in [1.29, 1.82) is 0 Å². The average Bonchev–Trinajstić information content (AvgIpc) is 3.38. The van der Waals surface area contributed by atoms with Crippen molar-refractivity contribution >= 4 is 45.5 Å². The molecule has 0 saturated carbocycles. The van der Waals surface area contributed by atoms with E-state index in [-0.39, 0.29) is 17.5 Å². The first-order chi connectivity index (χ1) is 14.0. The predicted octanol–water partition coefficient (Wildman–Crippen LogP) is 4.32. The molecule has 3 rings (SSSR count). The molecule has 0 saturated heterocycles. The number of benzene rings is 1. The number of hydrogen-bond donors (Lipinski definition) is 2. The Labute approximate surface area is 176 Å². The molecular weight excluding hydrogens is 412 g/mol. The summed E-state index contributed by atoms with van der Waals surface area (Å²) < 4.78 is 15.4. The smallest absolute Gasteiger partial charge is 0.341 e. The second-order valence-corrected chi connectivity index (χ2v) is 6.98. The monoisotopic (exact) mass is 430 g/mol. The maximum atomic E-state index is 12.6. The van der Waals surface area contributed by atoms with E-state index < -0.39 is 11.9 Å². The van der Waals surface area contributed by atoms with Crippen molar-refractivity contribution < 1.29 is 23.5 Å². The van der Waals surface area contributed by atoms with Crippen LogP contribution in [0.15, 0.2) is 52.5 Å². The molecule has 2 aromatic heterocycles. The third-order valence-electron chi connectivity index (χ3n) is 3.87. The van der Waals surface area contributed by atoms with E-state index in [9.17, 15) is 9.59 Å². The highest BCUT2D eigenvalue weighted by atomic mass is 32.1. The Bertz CT molecular complexity index is 1010. The molecule has 9 heteroatoms. The number of nitrogens with one attached hydrogen (secondary N) is 2. The lowest BCUT2D eigenvalue weighted by atomic mass is 10.0. The van der Waals surface area contributed by atoms with Crippen molar-refractivity contribution in [3.8, 4) is 16.9 Å². The lowest BCUT2D eigenvalue weighted by Crippen LogP contribution is -2.34. The third-order valence-corrected chi connectivity index (χ3v) is 4.97. The first-order valence-corrected chi connectivity index (χ1v) is 9.91. The number of furan rings is 1. The second-order valence-electron chi connectivity index (χ2n) is 5.69. The third kappa shape index (κ3) is 4.82. The number of thiophene rings is 1. The summed E-state index contributed by atoms with van der Waals surface area (Å²) in [5, 5.41) is 7.76. The number of esters is 1. The van der Waals surface area contributed by atoms with Gasteiger partial charge in [0.05, 0.1) is 20.0 Å². The molecule has 0 atom stereocenters. The number of carbonyl (C=O) groups is 2.